The van der Waals surface area contributed by atoms with Gasteiger partial charge >= 0.3 is 0 Å². The van der Waals surface area contributed by atoms with Crippen LogP contribution in [0.3, 0.4) is 0 Å². The van der Waals surface area contributed by atoms with Crippen molar-refractivity contribution in [1.29, 1.82) is 0 Å². The summed E-state index contributed by atoms with van der Waals surface area (Å²) in [5, 5.41) is 6.97. The predicted octanol–water partition coefficient (Wildman–Crippen LogP) is 4.18. The average Bonchev–Trinajstić information content (AvgIpc) is 2.41. The molecule has 0 aliphatic carbocycles. The lowest BCUT2D eigenvalue weighted by Crippen LogP contribution is -2.28. The summed E-state index contributed by atoms with van der Waals surface area (Å²) in [5.74, 6) is -0.204. The minimum atomic E-state index is -0.204. The molecule has 3 heteroatoms. The normalized spacial score (nSPS) is 21.4. The molecular formula is C16H17FN2. The van der Waals surface area contributed by atoms with E-state index in [-0.39, 0.29) is 11.9 Å². The van der Waals surface area contributed by atoms with Crippen molar-refractivity contribution in [2.75, 3.05) is 10.6 Å². The monoisotopic (exact) mass is 256 g/mol. The summed E-state index contributed by atoms with van der Waals surface area (Å²) in [5.41, 5.74) is 3.40. The van der Waals surface area contributed by atoms with Crippen LogP contribution in [0.2, 0.25) is 0 Å². The molecule has 3 rings (SSSR count). The molecule has 0 saturated carbocycles. The molecule has 2 N–H and O–H groups in total. The molecule has 2 aromatic rings. The van der Waals surface area contributed by atoms with E-state index in [0.717, 1.165) is 12.1 Å². The van der Waals surface area contributed by atoms with E-state index < -0.39 is 0 Å². The van der Waals surface area contributed by atoms with Crippen LogP contribution in [-0.2, 0) is 0 Å². The Morgan fingerprint density at radius 3 is 2.63 bits per heavy atom. The van der Waals surface area contributed by atoms with Gasteiger partial charge in [-0.05, 0) is 49.2 Å². The number of para-hydroxylation sites is 1. The van der Waals surface area contributed by atoms with Crippen molar-refractivity contribution < 1.29 is 4.39 Å². The highest BCUT2D eigenvalue weighted by Crippen LogP contribution is 2.34. The molecule has 1 aliphatic rings. The first-order valence-corrected chi connectivity index (χ1v) is 6.60. The van der Waals surface area contributed by atoms with Gasteiger partial charge in [-0.15, -0.1) is 0 Å². The Labute approximate surface area is 112 Å². The van der Waals surface area contributed by atoms with Crippen molar-refractivity contribution in [2.24, 2.45) is 0 Å². The summed E-state index contributed by atoms with van der Waals surface area (Å²) < 4.78 is 12.9. The molecule has 0 saturated heterocycles. The fourth-order valence-electron chi connectivity index (χ4n) is 2.62. The Balaban J connectivity index is 1.86. The second-order valence-electron chi connectivity index (χ2n) is 5.07. The van der Waals surface area contributed by atoms with Crippen molar-refractivity contribution in [3.63, 3.8) is 0 Å². The lowest BCUT2D eigenvalue weighted by Gasteiger charge is -2.32. The van der Waals surface area contributed by atoms with Crippen molar-refractivity contribution in [2.45, 2.75) is 25.4 Å². The highest BCUT2D eigenvalue weighted by atomic mass is 19.1. The van der Waals surface area contributed by atoms with E-state index in [1.165, 1.54) is 23.4 Å². The van der Waals surface area contributed by atoms with Gasteiger partial charge < -0.3 is 10.6 Å². The van der Waals surface area contributed by atoms with Crippen LogP contribution in [0.5, 0.6) is 0 Å². The van der Waals surface area contributed by atoms with Crippen molar-refractivity contribution in [1.82, 2.24) is 0 Å². The van der Waals surface area contributed by atoms with E-state index in [0.29, 0.717) is 6.04 Å². The summed E-state index contributed by atoms with van der Waals surface area (Å²) in [7, 11) is 0. The maximum atomic E-state index is 12.9. The van der Waals surface area contributed by atoms with Gasteiger partial charge in [0.1, 0.15) is 5.82 Å². The lowest BCUT2D eigenvalue weighted by molar-refractivity contribution is 0.599. The van der Waals surface area contributed by atoms with Crippen LogP contribution in [-0.4, -0.2) is 6.04 Å². The van der Waals surface area contributed by atoms with Crippen LogP contribution in [0, 0.1) is 5.82 Å². The minimum absolute atomic E-state index is 0.204. The van der Waals surface area contributed by atoms with Crippen molar-refractivity contribution >= 4 is 11.4 Å². The highest BCUT2D eigenvalue weighted by molar-refractivity contribution is 5.58. The van der Waals surface area contributed by atoms with Crippen LogP contribution >= 0.6 is 0 Å². The van der Waals surface area contributed by atoms with Crippen LogP contribution in [0.15, 0.2) is 48.5 Å². The maximum absolute atomic E-state index is 12.9. The van der Waals surface area contributed by atoms with E-state index in [4.69, 9.17) is 0 Å². The Bertz CT molecular complexity index is 565. The fraction of sp³-hybridized carbons (Fsp3) is 0.250. The molecule has 0 radical (unpaired) electrons. The molecule has 1 aliphatic heterocycles. The smallest absolute Gasteiger partial charge is 0.123 e. The van der Waals surface area contributed by atoms with Gasteiger partial charge in [-0.2, -0.15) is 0 Å². The van der Waals surface area contributed by atoms with Gasteiger partial charge in [-0.3, -0.25) is 0 Å². The van der Waals surface area contributed by atoms with E-state index in [1.807, 2.05) is 6.07 Å². The second kappa shape index (κ2) is 4.92. The fourth-order valence-corrected chi connectivity index (χ4v) is 2.62. The number of benzene rings is 2. The zero-order valence-corrected chi connectivity index (χ0v) is 10.9. The molecule has 2 atom stereocenters. The number of fused-ring (bicyclic) bond motifs is 1. The molecule has 98 valence electrons. The number of anilines is 2. The first-order chi connectivity index (χ1) is 9.22. The Hall–Kier alpha value is -2.03. The molecule has 2 nitrogen and oxygen atoms in total. The Kier molecular flexibility index (Phi) is 3.11. The Morgan fingerprint density at radius 1 is 1.11 bits per heavy atom. The van der Waals surface area contributed by atoms with E-state index >= 15 is 0 Å². The molecule has 0 aromatic heterocycles. The number of hydrogen-bond acceptors (Lipinski definition) is 2. The predicted molar refractivity (Wildman–Crippen MR) is 76.9 cm³/mol. The summed E-state index contributed by atoms with van der Waals surface area (Å²) >= 11 is 0. The molecule has 1 heterocycles. The van der Waals surface area contributed by atoms with Gasteiger partial charge in [0.05, 0.1) is 6.04 Å². The summed E-state index contributed by atoms with van der Waals surface area (Å²) in [4.78, 5) is 0. The van der Waals surface area contributed by atoms with Crippen LogP contribution in [0.25, 0.3) is 0 Å². The quantitative estimate of drug-likeness (QED) is 0.842. The third kappa shape index (κ3) is 2.55. The number of rotatable bonds is 2. The van der Waals surface area contributed by atoms with E-state index in [1.54, 1.807) is 12.1 Å². The Morgan fingerprint density at radius 2 is 1.84 bits per heavy atom. The van der Waals surface area contributed by atoms with E-state index in [9.17, 15) is 4.39 Å². The SMILES string of the molecule is C[C@H]1C[C@@H](Nc2ccc(F)cc2)c2ccccc2N1. The maximum Gasteiger partial charge on any atom is 0.123 e. The topological polar surface area (TPSA) is 24.1 Å². The van der Waals surface area contributed by atoms with Gasteiger partial charge in [0, 0.05) is 17.4 Å². The largest absolute Gasteiger partial charge is 0.382 e. The van der Waals surface area contributed by atoms with Gasteiger partial charge in [0.15, 0.2) is 0 Å². The second-order valence-corrected chi connectivity index (χ2v) is 5.07. The van der Waals surface area contributed by atoms with Crippen molar-refractivity contribution in [3.05, 3.63) is 59.9 Å². The number of hydrogen-bond donors (Lipinski definition) is 2. The van der Waals surface area contributed by atoms with Gasteiger partial charge in [0.25, 0.3) is 0 Å². The zero-order chi connectivity index (χ0) is 13.2. The lowest BCUT2D eigenvalue weighted by atomic mass is 9.93. The summed E-state index contributed by atoms with van der Waals surface area (Å²) in [6.45, 7) is 2.18. The van der Waals surface area contributed by atoms with Crippen LogP contribution in [0.4, 0.5) is 15.8 Å². The molecule has 0 unspecified atom stereocenters. The molecule has 0 fully saturated rings. The summed E-state index contributed by atoms with van der Waals surface area (Å²) in [6.07, 6.45) is 1.01. The summed E-state index contributed by atoms with van der Waals surface area (Å²) in [6, 6.07) is 15.5. The standard InChI is InChI=1S/C16H17FN2/c1-11-10-16(14-4-2-3-5-15(14)18-11)19-13-8-6-12(17)7-9-13/h2-9,11,16,18-19H,10H2,1H3/t11-,16+/m0/s1. The first kappa shape index (κ1) is 12.0. The molecule has 19 heavy (non-hydrogen) atoms. The highest BCUT2D eigenvalue weighted by Gasteiger charge is 2.23. The third-order valence-corrected chi connectivity index (χ3v) is 3.51. The van der Waals surface area contributed by atoms with E-state index in [2.05, 4.69) is 35.8 Å². The van der Waals surface area contributed by atoms with Crippen molar-refractivity contribution in [3.8, 4) is 0 Å². The molecule has 0 amide bonds. The minimum Gasteiger partial charge on any atom is -0.382 e. The van der Waals surface area contributed by atoms with Gasteiger partial charge in [-0.1, -0.05) is 18.2 Å². The molecule has 0 bridgehead atoms. The first-order valence-electron chi connectivity index (χ1n) is 6.60. The third-order valence-electron chi connectivity index (χ3n) is 3.51. The zero-order valence-electron chi connectivity index (χ0n) is 10.9. The van der Waals surface area contributed by atoms with Crippen LogP contribution < -0.4 is 10.6 Å². The number of halogens is 1. The molecular weight excluding hydrogens is 239 g/mol. The van der Waals surface area contributed by atoms with Crippen LogP contribution in [0.1, 0.15) is 24.9 Å². The van der Waals surface area contributed by atoms with Gasteiger partial charge in [-0.25, -0.2) is 4.39 Å². The number of nitrogens with one attached hydrogen (secondary N) is 2. The average molecular weight is 256 g/mol. The molecule has 2 aromatic carbocycles. The van der Waals surface area contributed by atoms with Gasteiger partial charge in [0.2, 0.25) is 0 Å². The molecule has 0 spiro atoms.